The van der Waals surface area contributed by atoms with Crippen molar-refractivity contribution in [1.29, 1.82) is 0 Å². The Labute approximate surface area is 142 Å². The molecule has 0 radical (unpaired) electrons. The zero-order valence-corrected chi connectivity index (χ0v) is 14.2. The molecular formula is C16H14BrClN2O2. The molecule has 0 aliphatic heterocycles. The number of ether oxygens (including phenoxy) is 1. The fraction of sp³-hybridized carbons (Fsp3) is 0.125. The van der Waals surface area contributed by atoms with E-state index in [0.717, 1.165) is 11.3 Å². The number of carbonyl (C=O) groups is 1. The van der Waals surface area contributed by atoms with E-state index in [1.165, 1.54) is 0 Å². The molecule has 0 heterocycles. The largest absolute Gasteiger partial charge is 0.483 e. The zero-order chi connectivity index (χ0) is 15.9. The first-order chi connectivity index (χ1) is 10.6. The molecule has 22 heavy (non-hydrogen) atoms. The highest BCUT2D eigenvalue weighted by Gasteiger charge is 2.06. The van der Waals surface area contributed by atoms with Gasteiger partial charge in [0.25, 0.3) is 5.91 Å². The number of hydrogen-bond acceptors (Lipinski definition) is 3. The molecule has 6 heteroatoms. The highest BCUT2D eigenvalue weighted by atomic mass is 79.9. The van der Waals surface area contributed by atoms with Crippen LogP contribution in [0.5, 0.6) is 5.75 Å². The van der Waals surface area contributed by atoms with E-state index >= 15 is 0 Å². The van der Waals surface area contributed by atoms with Gasteiger partial charge in [0, 0.05) is 5.02 Å². The van der Waals surface area contributed by atoms with Crippen molar-refractivity contribution in [3.63, 3.8) is 0 Å². The van der Waals surface area contributed by atoms with Crippen molar-refractivity contribution in [2.45, 2.75) is 6.92 Å². The molecule has 0 saturated carbocycles. The molecule has 1 amide bonds. The second-order valence-corrected chi connectivity index (χ2v) is 5.75. The summed E-state index contributed by atoms with van der Waals surface area (Å²) in [5.74, 6) is 0.209. The van der Waals surface area contributed by atoms with E-state index in [-0.39, 0.29) is 12.5 Å². The van der Waals surface area contributed by atoms with Crippen LogP contribution in [0.1, 0.15) is 12.5 Å². The number of halogens is 2. The molecule has 2 rings (SSSR count). The van der Waals surface area contributed by atoms with Gasteiger partial charge in [0.1, 0.15) is 5.75 Å². The Morgan fingerprint density at radius 3 is 2.68 bits per heavy atom. The van der Waals surface area contributed by atoms with Crippen LogP contribution in [0.25, 0.3) is 0 Å². The Balaban J connectivity index is 1.88. The van der Waals surface area contributed by atoms with E-state index in [9.17, 15) is 4.79 Å². The van der Waals surface area contributed by atoms with Crippen molar-refractivity contribution in [2.24, 2.45) is 5.10 Å². The van der Waals surface area contributed by atoms with Gasteiger partial charge in [0.05, 0.1) is 10.2 Å². The van der Waals surface area contributed by atoms with E-state index in [1.54, 1.807) is 18.2 Å². The Hall–Kier alpha value is -1.85. The lowest BCUT2D eigenvalue weighted by Crippen LogP contribution is -2.25. The summed E-state index contributed by atoms with van der Waals surface area (Å²) >= 11 is 9.16. The molecular weight excluding hydrogens is 368 g/mol. The third-order valence-electron chi connectivity index (χ3n) is 2.79. The summed E-state index contributed by atoms with van der Waals surface area (Å²) in [6.07, 6.45) is 0. The average molecular weight is 382 g/mol. The summed E-state index contributed by atoms with van der Waals surface area (Å²) in [5, 5.41) is 4.64. The van der Waals surface area contributed by atoms with Crippen LogP contribution in [0.15, 0.2) is 58.1 Å². The van der Waals surface area contributed by atoms with Crippen LogP contribution in [0.3, 0.4) is 0 Å². The standard InChI is InChI=1S/C16H14BrClN2O2/c1-11(12-5-3-2-4-6-12)19-20-16(21)10-22-15-8-7-13(18)9-14(15)17/h2-9H,10H2,1H3,(H,20,21)/b19-11+. The summed E-state index contributed by atoms with van der Waals surface area (Å²) in [6, 6.07) is 14.7. The van der Waals surface area contributed by atoms with Gasteiger partial charge in [-0.15, -0.1) is 0 Å². The fourth-order valence-corrected chi connectivity index (χ4v) is 2.46. The number of nitrogens with zero attached hydrogens (tertiary/aromatic N) is 1. The lowest BCUT2D eigenvalue weighted by Gasteiger charge is -2.07. The molecule has 1 N–H and O–H groups in total. The number of nitrogens with one attached hydrogen (secondary N) is 1. The fourth-order valence-electron chi connectivity index (χ4n) is 1.66. The number of amides is 1. The molecule has 0 atom stereocenters. The van der Waals surface area contributed by atoms with E-state index in [0.29, 0.717) is 15.2 Å². The minimum Gasteiger partial charge on any atom is -0.483 e. The molecule has 0 fully saturated rings. The van der Waals surface area contributed by atoms with E-state index in [2.05, 4.69) is 26.5 Å². The maximum absolute atomic E-state index is 11.7. The SMILES string of the molecule is C/C(=N\NC(=O)COc1ccc(Cl)cc1Br)c1ccccc1. The molecule has 0 aliphatic carbocycles. The number of hydrazone groups is 1. The first-order valence-corrected chi connectivity index (χ1v) is 7.70. The third-order valence-corrected chi connectivity index (χ3v) is 3.65. The van der Waals surface area contributed by atoms with Gasteiger partial charge in [0.15, 0.2) is 6.61 Å². The van der Waals surface area contributed by atoms with Crippen LogP contribution >= 0.6 is 27.5 Å². The first kappa shape index (κ1) is 16.5. The summed E-state index contributed by atoms with van der Waals surface area (Å²) in [4.78, 5) is 11.7. The maximum Gasteiger partial charge on any atom is 0.277 e. The molecule has 0 aliphatic rings. The molecule has 0 aromatic heterocycles. The first-order valence-electron chi connectivity index (χ1n) is 6.52. The van der Waals surface area contributed by atoms with Crippen molar-refractivity contribution in [3.8, 4) is 5.75 Å². The molecule has 2 aromatic rings. The van der Waals surface area contributed by atoms with Crippen LogP contribution in [-0.2, 0) is 4.79 Å². The van der Waals surface area contributed by atoms with E-state index in [1.807, 2.05) is 37.3 Å². The Morgan fingerprint density at radius 2 is 2.00 bits per heavy atom. The molecule has 114 valence electrons. The van der Waals surface area contributed by atoms with E-state index < -0.39 is 0 Å². The quantitative estimate of drug-likeness (QED) is 0.628. The van der Waals surface area contributed by atoms with Gasteiger partial charge in [-0.3, -0.25) is 4.79 Å². The third kappa shape index (κ3) is 4.86. The molecule has 0 spiro atoms. The highest BCUT2D eigenvalue weighted by Crippen LogP contribution is 2.27. The Morgan fingerprint density at radius 1 is 1.27 bits per heavy atom. The number of rotatable bonds is 5. The van der Waals surface area contributed by atoms with Gasteiger partial charge in [-0.05, 0) is 46.6 Å². The van der Waals surface area contributed by atoms with Crippen LogP contribution < -0.4 is 10.2 Å². The predicted molar refractivity (Wildman–Crippen MR) is 91.4 cm³/mol. The Kier molecular flexibility index (Phi) is 5.98. The Bertz CT molecular complexity index is 690. The second-order valence-electron chi connectivity index (χ2n) is 4.46. The van der Waals surface area contributed by atoms with Crippen LogP contribution in [-0.4, -0.2) is 18.2 Å². The monoisotopic (exact) mass is 380 g/mol. The van der Waals surface area contributed by atoms with Crippen molar-refractivity contribution in [2.75, 3.05) is 6.61 Å². The average Bonchev–Trinajstić information content (AvgIpc) is 2.52. The lowest BCUT2D eigenvalue weighted by molar-refractivity contribution is -0.123. The molecule has 0 unspecified atom stereocenters. The van der Waals surface area contributed by atoms with Gasteiger partial charge >= 0.3 is 0 Å². The molecule has 0 bridgehead atoms. The van der Waals surface area contributed by atoms with Crippen molar-refractivity contribution >= 4 is 39.1 Å². The lowest BCUT2D eigenvalue weighted by atomic mass is 10.1. The van der Waals surface area contributed by atoms with Gasteiger partial charge in [-0.2, -0.15) is 5.10 Å². The molecule has 4 nitrogen and oxygen atoms in total. The zero-order valence-electron chi connectivity index (χ0n) is 11.8. The summed E-state index contributed by atoms with van der Waals surface area (Å²) in [7, 11) is 0. The summed E-state index contributed by atoms with van der Waals surface area (Å²) < 4.78 is 6.10. The number of carbonyl (C=O) groups excluding carboxylic acids is 1. The topological polar surface area (TPSA) is 50.7 Å². The van der Waals surface area contributed by atoms with Crippen molar-refractivity contribution < 1.29 is 9.53 Å². The van der Waals surface area contributed by atoms with Gasteiger partial charge in [-0.1, -0.05) is 41.9 Å². The van der Waals surface area contributed by atoms with Crippen molar-refractivity contribution in [3.05, 3.63) is 63.6 Å². The van der Waals surface area contributed by atoms with Crippen LogP contribution in [0.4, 0.5) is 0 Å². The van der Waals surface area contributed by atoms with Crippen molar-refractivity contribution in [1.82, 2.24) is 5.43 Å². The predicted octanol–water partition coefficient (Wildman–Crippen LogP) is 4.02. The van der Waals surface area contributed by atoms with Gasteiger partial charge in [-0.25, -0.2) is 5.43 Å². The van der Waals surface area contributed by atoms with Gasteiger partial charge < -0.3 is 4.74 Å². The second kappa shape index (κ2) is 7.96. The molecule has 2 aromatic carbocycles. The highest BCUT2D eigenvalue weighted by molar-refractivity contribution is 9.10. The number of hydrogen-bond donors (Lipinski definition) is 1. The van der Waals surface area contributed by atoms with E-state index in [4.69, 9.17) is 16.3 Å². The minimum atomic E-state index is -0.336. The number of benzene rings is 2. The maximum atomic E-state index is 11.7. The minimum absolute atomic E-state index is 0.133. The summed E-state index contributed by atoms with van der Waals surface area (Å²) in [6.45, 7) is 1.69. The normalized spacial score (nSPS) is 11.1. The summed E-state index contributed by atoms with van der Waals surface area (Å²) in [5.41, 5.74) is 4.14. The van der Waals surface area contributed by atoms with Gasteiger partial charge in [0.2, 0.25) is 0 Å². The smallest absolute Gasteiger partial charge is 0.277 e. The molecule has 0 saturated heterocycles. The van der Waals surface area contributed by atoms with Crippen LogP contribution in [0.2, 0.25) is 5.02 Å². The van der Waals surface area contributed by atoms with Crippen LogP contribution in [0, 0.1) is 0 Å².